The maximum absolute atomic E-state index is 8.87. The van der Waals surface area contributed by atoms with Crippen molar-refractivity contribution in [1.29, 1.82) is 10.5 Å². The Bertz CT molecular complexity index is 363. The average molecular weight is 173 g/mol. The quantitative estimate of drug-likeness (QED) is 0.558. The zero-order valence-electron chi connectivity index (χ0n) is 8.00. The molecule has 1 rings (SSSR count). The summed E-state index contributed by atoms with van der Waals surface area (Å²) in [5, 5.41) is 17.7. The van der Waals surface area contributed by atoms with E-state index in [1.807, 2.05) is 32.0 Å². The normalized spacial score (nSPS) is 22.1. The Balaban J connectivity index is 3.22. The van der Waals surface area contributed by atoms with Crippen molar-refractivity contribution >= 4 is 0 Å². The highest BCUT2D eigenvalue weighted by atomic mass is 15.1. The molecule has 0 bridgehead atoms. The van der Waals surface area contributed by atoms with Crippen LogP contribution in [0.25, 0.3) is 0 Å². The van der Waals surface area contributed by atoms with Gasteiger partial charge in [-0.25, -0.2) is 0 Å². The van der Waals surface area contributed by atoms with Gasteiger partial charge < -0.3 is 4.90 Å². The molecule has 1 heterocycles. The van der Waals surface area contributed by atoms with E-state index in [0.29, 0.717) is 5.57 Å². The minimum atomic E-state index is -0.293. The molecule has 1 atom stereocenters. The van der Waals surface area contributed by atoms with E-state index in [1.165, 1.54) is 0 Å². The van der Waals surface area contributed by atoms with Crippen molar-refractivity contribution in [1.82, 2.24) is 4.90 Å². The van der Waals surface area contributed by atoms with Crippen LogP contribution in [0.4, 0.5) is 0 Å². The molecule has 0 radical (unpaired) electrons. The second-order valence-electron chi connectivity index (χ2n) is 3.18. The second-order valence-corrected chi connectivity index (χ2v) is 3.18. The summed E-state index contributed by atoms with van der Waals surface area (Å²) < 4.78 is 0. The maximum Gasteiger partial charge on any atom is 0.139 e. The van der Waals surface area contributed by atoms with Crippen LogP contribution < -0.4 is 0 Å². The first-order valence-corrected chi connectivity index (χ1v) is 4.03. The van der Waals surface area contributed by atoms with Crippen LogP contribution in [-0.4, -0.2) is 18.0 Å². The van der Waals surface area contributed by atoms with E-state index in [9.17, 15) is 0 Å². The third kappa shape index (κ3) is 1.41. The predicted molar refractivity (Wildman–Crippen MR) is 49.2 cm³/mol. The number of allylic oxidation sites excluding steroid dienone is 2. The SMILES string of the molecule is CC1=CN(C)C(C#N)C(C)=C1C#N. The van der Waals surface area contributed by atoms with Crippen LogP contribution in [-0.2, 0) is 0 Å². The fraction of sp³-hybridized carbons (Fsp3) is 0.400. The third-order valence-electron chi connectivity index (χ3n) is 2.24. The molecule has 3 nitrogen and oxygen atoms in total. The fourth-order valence-electron chi connectivity index (χ4n) is 1.56. The van der Waals surface area contributed by atoms with E-state index in [2.05, 4.69) is 12.1 Å². The summed E-state index contributed by atoms with van der Waals surface area (Å²) >= 11 is 0. The van der Waals surface area contributed by atoms with Gasteiger partial charge in [-0.2, -0.15) is 10.5 Å². The zero-order valence-corrected chi connectivity index (χ0v) is 8.00. The highest BCUT2D eigenvalue weighted by Crippen LogP contribution is 2.24. The Morgan fingerprint density at radius 1 is 1.38 bits per heavy atom. The minimum absolute atomic E-state index is 0.293. The number of nitriles is 2. The van der Waals surface area contributed by atoms with Gasteiger partial charge in [0.05, 0.1) is 17.7 Å². The lowest BCUT2D eigenvalue weighted by Gasteiger charge is -2.27. The first kappa shape index (κ1) is 9.35. The van der Waals surface area contributed by atoms with E-state index >= 15 is 0 Å². The number of likely N-dealkylation sites (N-methyl/N-ethyl adjacent to an activating group) is 1. The van der Waals surface area contributed by atoms with Gasteiger partial charge in [0.2, 0.25) is 0 Å². The first-order chi connectivity index (χ1) is 6.11. The van der Waals surface area contributed by atoms with Gasteiger partial charge in [-0.3, -0.25) is 0 Å². The van der Waals surface area contributed by atoms with E-state index in [-0.39, 0.29) is 6.04 Å². The lowest BCUT2D eigenvalue weighted by Crippen LogP contribution is -2.30. The van der Waals surface area contributed by atoms with Crippen molar-refractivity contribution in [2.24, 2.45) is 0 Å². The van der Waals surface area contributed by atoms with E-state index in [1.54, 1.807) is 0 Å². The number of rotatable bonds is 0. The topological polar surface area (TPSA) is 50.8 Å². The molecule has 1 aliphatic rings. The molecule has 0 aromatic heterocycles. The Labute approximate surface area is 78.2 Å². The average Bonchev–Trinajstić information content (AvgIpc) is 2.04. The van der Waals surface area contributed by atoms with Crippen molar-refractivity contribution in [2.75, 3.05) is 7.05 Å². The van der Waals surface area contributed by atoms with Crippen LogP contribution in [0.15, 0.2) is 22.9 Å². The largest absolute Gasteiger partial charge is 0.361 e. The van der Waals surface area contributed by atoms with Gasteiger partial charge in [0, 0.05) is 13.2 Å². The van der Waals surface area contributed by atoms with Crippen LogP contribution in [0.3, 0.4) is 0 Å². The van der Waals surface area contributed by atoms with Gasteiger partial charge in [0.15, 0.2) is 0 Å². The Hall–Kier alpha value is -1.74. The van der Waals surface area contributed by atoms with Crippen LogP contribution >= 0.6 is 0 Å². The molecule has 0 saturated heterocycles. The van der Waals surface area contributed by atoms with Crippen molar-refractivity contribution in [3.8, 4) is 12.1 Å². The molecular weight excluding hydrogens is 162 g/mol. The van der Waals surface area contributed by atoms with E-state index < -0.39 is 0 Å². The molecular formula is C10H11N3. The van der Waals surface area contributed by atoms with Gasteiger partial charge in [-0.15, -0.1) is 0 Å². The third-order valence-corrected chi connectivity index (χ3v) is 2.24. The van der Waals surface area contributed by atoms with Gasteiger partial charge in [0.25, 0.3) is 0 Å². The molecule has 0 amide bonds. The van der Waals surface area contributed by atoms with Crippen molar-refractivity contribution in [2.45, 2.75) is 19.9 Å². The summed E-state index contributed by atoms with van der Waals surface area (Å²) in [6.45, 7) is 3.71. The molecule has 0 aromatic rings. The zero-order chi connectivity index (χ0) is 10.0. The van der Waals surface area contributed by atoms with Gasteiger partial charge >= 0.3 is 0 Å². The summed E-state index contributed by atoms with van der Waals surface area (Å²) in [7, 11) is 1.84. The molecule has 66 valence electrons. The highest BCUT2D eigenvalue weighted by Gasteiger charge is 2.22. The van der Waals surface area contributed by atoms with Crippen LogP contribution in [0, 0.1) is 22.7 Å². The Morgan fingerprint density at radius 3 is 2.46 bits per heavy atom. The monoisotopic (exact) mass is 173 g/mol. The number of hydrogen-bond donors (Lipinski definition) is 0. The summed E-state index contributed by atoms with van der Waals surface area (Å²) in [5.74, 6) is 0. The number of hydrogen-bond acceptors (Lipinski definition) is 3. The molecule has 0 aliphatic carbocycles. The molecule has 1 unspecified atom stereocenters. The van der Waals surface area contributed by atoms with Crippen LogP contribution in [0.5, 0.6) is 0 Å². The Morgan fingerprint density at radius 2 is 2.00 bits per heavy atom. The smallest absolute Gasteiger partial charge is 0.139 e. The molecule has 0 N–H and O–H groups in total. The molecule has 1 aliphatic heterocycles. The van der Waals surface area contributed by atoms with Gasteiger partial charge in [-0.05, 0) is 25.0 Å². The molecule has 0 saturated carbocycles. The molecule has 0 fully saturated rings. The van der Waals surface area contributed by atoms with Crippen LogP contribution in [0.1, 0.15) is 13.8 Å². The molecule has 13 heavy (non-hydrogen) atoms. The van der Waals surface area contributed by atoms with E-state index in [0.717, 1.165) is 11.1 Å². The minimum Gasteiger partial charge on any atom is -0.361 e. The summed E-state index contributed by atoms with van der Waals surface area (Å²) in [6, 6.07) is 3.99. The standard InChI is InChI=1S/C10H11N3/c1-7-6-13(3)10(5-12)8(2)9(7)4-11/h6,10H,1-3H3. The summed E-state index contributed by atoms with van der Waals surface area (Å²) in [5.41, 5.74) is 2.41. The summed E-state index contributed by atoms with van der Waals surface area (Å²) in [4.78, 5) is 1.82. The maximum atomic E-state index is 8.87. The first-order valence-electron chi connectivity index (χ1n) is 4.03. The van der Waals surface area contributed by atoms with Crippen molar-refractivity contribution in [3.05, 3.63) is 22.9 Å². The van der Waals surface area contributed by atoms with Crippen LogP contribution in [0.2, 0.25) is 0 Å². The highest BCUT2D eigenvalue weighted by molar-refractivity contribution is 5.49. The second kappa shape index (κ2) is 3.33. The lowest BCUT2D eigenvalue weighted by molar-refractivity contribution is 0.419. The molecule has 0 aromatic carbocycles. The van der Waals surface area contributed by atoms with Gasteiger partial charge in [0.1, 0.15) is 6.04 Å². The predicted octanol–water partition coefficient (Wildman–Crippen LogP) is 1.57. The van der Waals surface area contributed by atoms with Gasteiger partial charge in [-0.1, -0.05) is 0 Å². The lowest BCUT2D eigenvalue weighted by atomic mass is 9.95. The van der Waals surface area contributed by atoms with Crippen molar-refractivity contribution in [3.63, 3.8) is 0 Å². The fourth-order valence-corrected chi connectivity index (χ4v) is 1.56. The molecule has 0 spiro atoms. The van der Waals surface area contributed by atoms with Crippen molar-refractivity contribution < 1.29 is 0 Å². The number of nitrogens with zero attached hydrogens (tertiary/aromatic N) is 3. The Kier molecular flexibility index (Phi) is 2.39. The molecule has 3 heteroatoms. The summed E-state index contributed by atoms with van der Waals surface area (Å²) in [6.07, 6.45) is 1.83. The van der Waals surface area contributed by atoms with E-state index in [4.69, 9.17) is 10.5 Å².